The molecule has 0 amide bonds. The third kappa shape index (κ3) is 4.92. The predicted octanol–water partition coefficient (Wildman–Crippen LogP) is 5.47. The Hall–Kier alpha value is -2.61. The van der Waals surface area contributed by atoms with Crippen molar-refractivity contribution in [2.45, 2.75) is 32.5 Å². The molecule has 0 saturated heterocycles. The molecular weight excluding hydrogens is 391 g/mol. The average molecular weight is 420 g/mol. The fourth-order valence-electron chi connectivity index (χ4n) is 3.46. The first kappa shape index (κ1) is 22.1. The zero-order valence-electron chi connectivity index (χ0n) is 17.7. The normalized spacial score (nSPS) is 13.3. The molecule has 0 aliphatic heterocycles. The van der Waals surface area contributed by atoms with Crippen LogP contribution in [0, 0.1) is 0 Å². The molecule has 3 aromatic carbocycles. The quantitative estimate of drug-likeness (QED) is 0.388. The van der Waals surface area contributed by atoms with Crippen molar-refractivity contribution >= 4 is 17.8 Å². The van der Waals surface area contributed by atoms with Crippen molar-refractivity contribution in [2.75, 3.05) is 6.61 Å². The van der Waals surface area contributed by atoms with Crippen molar-refractivity contribution in [3.05, 3.63) is 102 Å². The largest absolute Gasteiger partial charge is 0.490 e. The van der Waals surface area contributed by atoms with Crippen molar-refractivity contribution < 1.29 is 14.4 Å². The molecule has 0 unspecified atom stereocenters. The van der Waals surface area contributed by atoms with Crippen LogP contribution in [0.5, 0.6) is 5.75 Å². The number of allylic oxidation sites excluding steroid dienone is 1. The smallest absolute Gasteiger partial charge is 0.148 e. The summed E-state index contributed by atoms with van der Waals surface area (Å²) in [5.41, 5.74) is 1.44. The van der Waals surface area contributed by atoms with E-state index in [0.29, 0.717) is 6.61 Å². The lowest BCUT2D eigenvalue weighted by molar-refractivity contribution is 0.176. The lowest BCUT2D eigenvalue weighted by Crippen LogP contribution is -2.28. The van der Waals surface area contributed by atoms with Gasteiger partial charge in [0.15, 0.2) is 0 Å². The number of hydrogen-bond acceptors (Lipinski definition) is 3. The predicted molar refractivity (Wildman–Crippen MR) is 126 cm³/mol. The summed E-state index contributed by atoms with van der Waals surface area (Å²) in [5, 5.41) is 12.7. The zero-order valence-corrected chi connectivity index (χ0v) is 18.6. The highest BCUT2D eigenvalue weighted by Gasteiger charge is 2.38. The Balaban J connectivity index is 1.89. The molecule has 0 radical (unpaired) electrons. The van der Waals surface area contributed by atoms with Gasteiger partial charge in [-0.05, 0) is 37.6 Å². The minimum absolute atomic E-state index is 0.486. The molecule has 0 heterocycles. The third-order valence-corrected chi connectivity index (χ3v) is 8.83. The molecule has 0 aliphatic carbocycles. The highest BCUT2D eigenvalue weighted by atomic mass is 31.2. The summed E-state index contributed by atoms with van der Waals surface area (Å²) in [6.45, 7) is 6.44. The van der Waals surface area contributed by atoms with Gasteiger partial charge in [0, 0.05) is 16.3 Å². The minimum atomic E-state index is -3.07. The van der Waals surface area contributed by atoms with Crippen LogP contribution in [0.25, 0.3) is 0 Å². The van der Waals surface area contributed by atoms with E-state index in [9.17, 15) is 9.67 Å². The van der Waals surface area contributed by atoms with Crippen LogP contribution in [0.2, 0.25) is 0 Å². The first-order valence-corrected chi connectivity index (χ1v) is 12.0. The fraction of sp³-hybridized carbons (Fsp3) is 0.231. The molecule has 156 valence electrons. The summed E-state index contributed by atoms with van der Waals surface area (Å²) >= 11 is 0. The summed E-state index contributed by atoms with van der Waals surface area (Å²) in [6, 6.07) is 26.3. The molecule has 0 aliphatic rings. The van der Waals surface area contributed by atoms with Crippen molar-refractivity contribution in [1.82, 2.24) is 0 Å². The van der Waals surface area contributed by atoms with E-state index in [0.717, 1.165) is 21.9 Å². The Morgan fingerprint density at radius 3 is 1.87 bits per heavy atom. The monoisotopic (exact) mass is 420 g/mol. The number of rotatable bonds is 8. The number of hydrogen-bond donors (Lipinski definition) is 1. The second kappa shape index (κ2) is 9.93. The number of benzene rings is 3. The van der Waals surface area contributed by atoms with Gasteiger partial charge in [0.05, 0.1) is 6.10 Å². The highest BCUT2D eigenvalue weighted by molar-refractivity contribution is 7.79. The van der Waals surface area contributed by atoms with Crippen LogP contribution in [0.4, 0.5) is 0 Å². The van der Waals surface area contributed by atoms with E-state index in [1.54, 1.807) is 0 Å². The number of ether oxygens (including phenoxy) is 1. The van der Waals surface area contributed by atoms with E-state index < -0.39 is 18.9 Å². The fourth-order valence-corrected chi connectivity index (χ4v) is 6.50. The Bertz CT molecular complexity index is 964. The van der Waals surface area contributed by atoms with E-state index in [-0.39, 0.29) is 0 Å². The minimum Gasteiger partial charge on any atom is -0.490 e. The van der Waals surface area contributed by atoms with Crippen molar-refractivity contribution in [3.63, 3.8) is 0 Å². The second-order valence-corrected chi connectivity index (χ2v) is 10.8. The van der Waals surface area contributed by atoms with Gasteiger partial charge in [0.2, 0.25) is 0 Å². The van der Waals surface area contributed by atoms with Crippen LogP contribution in [0.3, 0.4) is 0 Å². The van der Waals surface area contributed by atoms with Gasteiger partial charge in [-0.3, -0.25) is 0 Å². The van der Waals surface area contributed by atoms with Crippen LogP contribution >= 0.6 is 7.14 Å². The maximum absolute atomic E-state index is 14.4. The van der Waals surface area contributed by atoms with E-state index in [1.165, 1.54) is 5.57 Å². The topological polar surface area (TPSA) is 46.5 Å². The molecule has 3 nitrogen and oxygen atoms in total. The van der Waals surface area contributed by atoms with E-state index in [2.05, 4.69) is 0 Å². The van der Waals surface area contributed by atoms with Crippen molar-refractivity contribution in [2.24, 2.45) is 0 Å². The second-order valence-electron chi connectivity index (χ2n) is 7.68. The first-order valence-electron chi connectivity index (χ1n) is 10.2. The van der Waals surface area contributed by atoms with E-state index in [4.69, 9.17) is 4.74 Å². The molecule has 2 atom stereocenters. The maximum atomic E-state index is 14.4. The van der Waals surface area contributed by atoms with Crippen LogP contribution in [0.1, 0.15) is 32.4 Å². The van der Waals surface area contributed by atoms with E-state index in [1.807, 2.05) is 112 Å². The molecule has 30 heavy (non-hydrogen) atoms. The Kier molecular flexibility index (Phi) is 7.31. The van der Waals surface area contributed by atoms with Crippen LogP contribution in [-0.2, 0) is 4.57 Å². The van der Waals surface area contributed by atoms with Gasteiger partial charge in [0.25, 0.3) is 0 Å². The lowest BCUT2D eigenvalue weighted by atomic mass is 10.1. The number of aliphatic hydroxyl groups is 1. The molecule has 0 saturated carbocycles. The Morgan fingerprint density at radius 1 is 0.900 bits per heavy atom. The summed E-state index contributed by atoms with van der Waals surface area (Å²) < 4.78 is 20.1. The Labute approximate surface area is 179 Å². The zero-order chi connectivity index (χ0) is 21.6. The van der Waals surface area contributed by atoms with Crippen molar-refractivity contribution in [3.8, 4) is 5.75 Å². The highest BCUT2D eigenvalue weighted by Crippen LogP contribution is 2.52. The van der Waals surface area contributed by atoms with Crippen LogP contribution in [-0.4, -0.2) is 17.4 Å². The van der Waals surface area contributed by atoms with Crippen LogP contribution < -0.4 is 15.3 Å². The summed E-state index contributed by atoms with van der Waals surface area (Å²) in [5.74, 6) is 0.741. The van der Waals surface area contributed by atoms with Gasteiger partial charge in [-0.1, -0.05) is 85.3 Å². The molecule has 3 rings (SSSR count). The SMILES string of the molecule is CC(C)=CCOc1ccc([C@@H](O)[C@H](C)P(=O)(c2ccccc2)c2ccccc2)cc1. The van der Waals surface area contributed by atoms with Gasteiger partial charge >= 0.3 is 0 Å². The summed E-state index contributed by atoms with van der Waals surface area (Å²) in [4.78, 5) is 0. The van der Waals surface area contributed by atoms with Gasteiger partial charge in [-0.15, -0.1) is 0 Å². The van der Waals surface area contributed by atoms with Gasteiger partial charge in [-0.25, -0.2) is 0 Å². The Morgan fingerprint density at radius 2 is 1.40 bits per heavy atom. The molecule has 4 heteroatoms. The average Bonchev–Trinajstić information content (AvgIpc) is 2.79. The summed E-state index contributed by atoms with van der Waals surface area (Å²) in [7, 11) is -3.07. The molecule has 0 bridgehead atoms. The van der Waals surface area contributed by atoms with Crippen molar-refractivity contribution in [1.29, 1.82) is 0 Å². The van der Waals surface area contributed by atoms with E-state index >= 15 is 0 Å². The number of aliphatic hydroxyl groups excluding tert-OH is 1. The standard InChI is InChI=1S/C26H29O3P/c1-20(2)18-19-29-23-16-14-22(15-17-23)26(27)21(3)30(28,24-10-6-4-7-11-24)25-12-8-5-9-13-25/h4-18,21,26-27H,19H2,1-3H3/t21-,26-/m0/s1. The lowest BCUT2D eigenvalue weighted by Gasteiger charge is -2.30. The molecule has 1 N–H and O–H groups in total. The first-order chi connectivity index (χ1) is 14.4. The third-order valence-electron chi connectivity index (χ3n) is 5.27. The maximum Gasteiger partial charge on any atom is 0.148 e. The van der Waals surface area contributed by atoms with Gasteiger partial charge < -0.3 is 14.4 Å². The van der Waals surface area contributed by atoms with Gasteiger partial charge in [-0.2, -0.15) is 0 Å². The summed E-state index contributed by atoms with van der Waals surface area (Å²) in [6.07, 6.45) is 1.14. The molecule has 3 aromatic rings. The molecule has 0 spiro atoms. The molecular formula is C26H29O3P. The van der Waals surface area contributed by atoms with Gasteiger partial charge in [0.1, 0.15) is 19.5 Å². The molecule has 0 aromatic heterocycles. The van der Waals surface area contributed by atoms with Crippen LogP contribution in [0.15, 0.2) is 96.6 Å². The molecule has 0 fully saturated rings.